The predicted octanol–water partition coefficient (Wildman–Crippen LogP) is 4.01. The summed E-state index contributed by atoms with van der Waals surface area (Å²) in [6, 6.07) is 10.1. The van der Waals surface area contributed by atoms with Crippen LogP contribution in [0.25, 0.3) is 0 Å². The van der Waals surface area contributed by atoms with E-state index in [1.54, 1.807) is 11.3 Å². The summed E-state index contributed by atoms with van der Waals surface area (Å²) in [6.45, 7) is 5.07. The summed E-state index contributed by atoms with van der Waals surface area (Å²) in [5.41, 5.74) is 7.68. The van der Waals surface area contributed by atoms with Crippen LogP contribution in [0.5, 0.6) is 0 Å². The van der Waals surface area contributed by atoms with Crippen molar-refractivity contribution in [1.29, 1.82) is 0 Å². The van der Waals surface area contributed by atoms with Gasteiger partial charge in [-0.05, 0) is 35.7 Å². The van der Waals surface area contributed by atoms with Gasteiger partial charge in [0.15, 0.2) is 0 Å². The monoisotopic (exact) mass is 280 g/mol. The lowest BCUT2D eigenvalue weighted by atomic mass is 10.2. The van der Waals surface area contributed by atoms with Gasteiger partial charge in [0.25, 0.3) is 0 Å². The second kappa shape index (κ2) is 6.23. The number of hydrogen-bond acceptors (Lipinski definition) is 3. The molecule has 18 heavy (non-hydrogen) atoms. The van der Waals surface area contributed by atoms with Gasteiger partial charge in [-0.2, -0.15) is 0 Å². The minimum Gasteiger partial charge on any atom is -0.398 e. The van der Waals surface area contributed by atoms with Crippen LogP contribution in [0.2, 0.25) is 5.02 Å². The molecule has 0 spiro atoms. The molecule has 0 unspecified atom stereocenters. The van der Waals surface area contributed by atoms with E-state index in [2.05, 4.69) is 29.3 Å². The average Bonchev–Trinajstić information content (AvgIpc) is 2.86. The lowest BCUT2D eigenvalue weighted by Gasteiger charge is -2.20. The molecule has 0 aliphatic heterocycles. The first-order valence-corrected chi connectivity index (χ1v) is 7.23. The van der Waals surface area contributed by atoms with E-state index in [1.165, 1.54) is 10.4 Å². The molecule has 96 valence electrons. The molecular formula is C14H17ClN2S. The second-order valence-corrected chi connectivity index (χ2v) is 5.68. The van der Waals surface area contributed by atoms with E-state index in [1.807, 2.05) is 18.2 Å². The van der Waals surface area contributed by atoms with E-state index >= 15 is 0 Å². The number of rotatable bonds is 5. The SMILES string of the molecule is CCN(Cc1ccc(Cl)c(N)c1)Cc1cccs1. The smallest absolute Gasteiger partial charge is 0.0635 e. The molecule has 2 aromatic rings. The number of nitrogens with two attached hydrogens (primary N) is 1. The van der Waals surface area contributed by atoms with Gasteiger partial charge in [-0.15, -0.1) is 11.3 Å². The fourth-order valence-corrected chi connectivity index (χ4v) is 2.72. The van der Waals surface area contributed by atoms with Crippen LogP contribution in [0.4, 0.5) is 5.69 Å². The Hall–Kier alpha value is -1.03. The lowest BCUT2D eigenvalue weighted by Crippen LogP contribution is -2.21. The Morgan fingerprint density at radius 2 is 2.11 bits per heavy atom. The van der Waals surface area contributed by atoms with Gasteiger partial charge >= 0.3 is 0 Å². The molecule has 0 bridgehead atoms. The van der Waals surface area contributed by atoms with E-state index in [0.29, 0.717) is 10.7 Å². The summed E-state index contributed by atoms with van der Waals surface area (Å²) in [7, 11) is 0. The first-order chi connectivity index (χ1) is 8.69. The molecule has 4 heteroatoms. The molecule has 2 rings (SSSR count). The molecule has 0 amide bonds. The van der Waals surface area contributed by atoms with E-state index in [0.717, 1.165) is 19.6 Å². The van der Waals surface area contributed by atoms with Crippen LogP contribution >= 0.6 is 22.9 Å². The summed E-state index contributed by atoms with van der Waals surface area (Å²) in [5.74, 6) is 0. The standard InChI is InChI=1S/C14H17ClN2S/c1-2-17(10-12-4-3-7-18-12)9-11-5-6-13(15)14(16)8-11/h3-8H,2,9-10,16H2,1H3. The largest absolute Gasteiger partial charge is 0.398 e. The summed E-state index contributed by atoms with van der Waals surface area (Å²) in [6.07, 6.45) is 0. The number of halogens is 1. The average molecular weight is 281 g/mol. The van der Waals surface area contributed by atoms with Gasteiger partial charge in [0.2, 0.25) is 0 Å². The lowest BCUT2D eigenvalue weighted by molar-refractivity contribution is 0.274. The number of nitrogens with zero attached hydrogens (tertiary/aromatic N) is 1. The van der Waals surface area contributed by atoms with Crippen LogP contribution in [-0.4, -0.2) is 11.4 Å². The molecule has 0 saturated heterocycles. The molecule has 2 N–H and O–H groups in total. The highest BCUT2D eigenvalue weighted by Crippen LogP contribution is 2.21. The van der Waals surface area contributed by atoms with Crippen molar-refractivity contribution in [2.24, 2.45) is 0 Å². The van der Waals surface area contributed by atoms with Gasteiger partial charge in [0.1, 0.15) is 0 Å². The number of nitrogen functional groups attached to an aromatic ring is 1. The Labute approximate surface area is 117 Å². The highest BCUT2D eigenvalue weighted by Gasteiger charge is 2.06. The van der Waals surface area contributed by atoms with Gasteiger partial charge < -0.3 is 5.73 Å². The van der Waals surface area contributed by atoms with E-state index in [-0.39, 0.29) is 0 Å². The van der Waals surface area contributed by atoms with Crippen molar-refractivity contribution in [2.75, 3.05) is 12.3 Å². The van der Waals surface area contributed by atoms with Crippen molar-refractivity contribution in [2.45, 2.75) is 20.0 Å². The van der Waals surface area contributed by atoms with Gasteiger partial charge in [-0.1, -0.05) is 30.7 Å². The van der Waals surface area contributed by atoms with Crippen molar-refractivity contribution >= 4 is 28.6 Å². The zero-order chi connectivity index (χ0) is 13.0. The van der Waals surface area contributed by atoms with Crippen LogP contribution in [0.3, 0.4) is 0 Å². The molecule has 0 saturated carbocycles. The first-order valence-electron chi connectivity index (χ1n) is 5.97. The minimum atomic E-state index is 0.625. The Morgan fingerprint density at radius 3 is 2.72 bits per heavy atom. The molecule has 2 nitrogen and oxygen atoms in total. The molecule has 0 fully saturated rings. The Balaban J connectivity index is 2.03. The third-order valence-corrected chi connectivity index (χ3v) is 4.08. The van der Waals surface area contributed by atoms with E-state index in [9.17, 15) is 0 Å². The van der Waals surface area contributed by atoms with Crippen LogP contribution in [0.15, 0.2) is 35.7 Å². The number of hydrogen-bond donors (Lipinski definition) is 1. The molecule has 0 atom stereocenters. The topological polar surface area (TPSA) is 29.3 Å². The maximum Gasteiger partial charge on any atom is 0.0635 e. The summed E-state index contributed by atoms with van der Waals surface area (Å²) < 4.78 is 0. The van der Waals surface area contributed by atoms with Crippen molar-refractivity contribution in [1.82, 2.24) is 4.90 Å². The molecule has 0 radical (unpaired) electrons. The summed E-state index contributed by atoms with van der Waals surface area (Å²) >= 11 is 7.72. The third-order valence-electron chi connectivity index (χ3n) is 2.87. The molecule has 1 aromatic carbocycles. The highest BCUT2D eigenvalue weighted by molar-refractivity contribution is 7.09. The normalized spacial score (nSPS) is 11.1. The summed E-state index contributed by atoms with van der Waals surface area (Å²) in [5, 5.41) is 2.74. The quantitative estimate of drug-likeness (QED) is 0.839. The Morgan fingerprint density at radius 1 is 1.28 bits per heavy atom. The number of benzene rings is 1. The maximum atomic E-state index is 5.93. The van der Waals surface area contributed by atoms with Crippen LogP contribution < -0.4 is 5.73 Å². The van der Waals surface area contributed by atoms with Crippen molar-refractivity contribution in [3.05, 3.63) is 51.2 Å². The minimum absolute atomic E-state index is 0.625. The first kappa shape index (κ1) is 13.4. The summed E-state index contributed by atoms with van der Waals surface area (Å²) in [4.78, 5) is 3.77. The van der Waals surface area contributed by atoms with Crippen molar-refractivity contribution in [3.8, 4) is 0 Å². The molecule has 0 aliphatic rings. The van der Waals surface area contributed by atoms with Gasteiger partial charge in [-0.25, -0.2) is 0 Å². The fourth-order valence-electron chi connectivity index (χ4n) is 1.85. The Kier molecular flexibility index (Phi) is 4.64. The van der Waals surface area contributed by atoms with Crippen molar-refractivity contribution in [3.63, 3.8) is 0 Å². The van der Waals surface area contributed by atoms with Crippen LogP contribution in [0, 0.1) is 0 Å². The van der Waals surface area contributed by atoms with Gasteiger partial charge in [0, 0.05) is 18.0 Å². The van der Waals surface area contributed by atoms with Crippen LogP contribution in [-0.2, 0) is 13.1 Å². The third kappa shape index (κ3) is 3.48. The molecule has 1 heterocycles. The van der Waals surface area contributed by atoms with Gasteiger partial charge in [0.05, 0.1) is 10.7 Å². The highest BCUT2D eigenvalue weighted by atomic mass is 35.5. The molecule has 0 aliphatic carbocycles. The van der Waals surface area contributed by atoms with Crippen LogP contribution in [0.1, 0.15) is 17.4 Å². The van der Waals surface area contributed by atoms with Crippen molar-refractivity contribution < 1.29 is 0 Å². The molecule has 1 aromatic heterocycles. The van der Waals surface area contributed by atoms with Gasteiger partial charge in [-0.3, -0.25) is 4.90 Å². The zero-order valence-electron chi connectivity index (χ0n) is 10.4. The maximum absolute atomic E-state index is 5.93. The molecular weight excluding hydrogens is 264 g/mol. The Bertz CT molecular complexity index is 497. The van der Waals surface area contributed by atoms with E-state index < -0.39 is 0 Å². The zero-order valence-corrected chi connectivity index (χ0v) is 12.0. The predicted molar refractivity (Wildman–Crippen MR) is 80.0 cm³/mol. The fraction of sp³-hybridized carbons (Fsp3) is 0.286. The number of thiophene rings is 1. The van der Waals surface area contributed by atoms with E-state index in [4.69, 9.17) is 17.3 Å². The second-order valence-electron chi connectivity index (χ2n) is 4.24. The number of anilines is 1.